The Kier molecular flexibility index (Phi) is 8.50. The first-order valence-corrected chi connectivity index (χ1v) is 22.6. The molecule has 0 saturated heterocycles. The number of imidazole rings is 1. The van der Waals surface area contributed by atoms with Crippen LogP contribution in [0.2, 0.25) is 0 Å². The van der Waals surface area contributed by atoms with Crippen molar-refractivity contribution < 1.29 is 21.2 Å². The average Bonchev–Trinajstić information content (AvgIpc) is 3.84. The highest BCUT2D eigenvalue weighted by atomic mass is 16.5. The SMILES string of the molecule is [2H]C([2H])([2H])c1cc(-c2cc(C(C)(C)C)cc(C(C)(C)C)c2)ccc1-n1c(-c2cc(C)cc(C)c2OC)nc2c(-c3cc(-c4cc(-c5ccc(C(C([2H])([2H])[2H])(C([2H])([2H])[2H])C([2H])([2H])[2H])cc5)ccn4)cc(C(C)(C)C)c3)cccc21. The predicted molar refractivity (Wildman–Crippen MR) is 282 cm³/mol. The quantitative estimate of drug-likeness (QED) is 0.160. The van der Waals surface area contributed by atoms with Crippen LogP contribution in [0.4, 0.5) is 0 Å². The first kappa shape index (κ1) is 33.2. The van der Waals surface area contributed by atoms with Crippen LogP contribution in [-0.2, 0) is 21.7 Å². The van der Waals surface area contributed by atoms with E-state index < -0.39 is 32.8 Å². The average molecular weight is 884 g/mol. The molecular formula is C62H69N3O. The molecule has 0 amide bonds. The van der Waals surface area contributed by atoms with Gasteiger partial charge in [-0.3, -0.25) is 9.55 Å². The highest BCUT2D eigenvalue weighted by molar-refractivity contribution is 5.97. The minimum absolute atomic E-state index is 0.158. The van der Waals surface area contributed by atoms with E-state index in [2.05, 4.69) is 92.6 Å². The topological polar surface area (TPSA) is 39.9 Å². The Morgan fingerprint density at radius 1 is 0.515 bits per heavy atom. The van der Waals surface area contributed by atoms with E-state index in [0.717, 1.165) is 55.6 Å². The van der Waals surface area contributed by atoms with E-state index in [1.165, 1.54) is 12.1 Å². The third kappa shape index (κ3) is 9.12. The largest absolute Gasteiger partial charge is 0.496 e. The molecule has 0 unspecified atom stereocenters. The molecular weight excluding hydrogens is 803 g/mol. The molecule has 2 heterocycles. The van der Waals surface area contributed by atoms with Gasteiger partial charge in [0.25, 0.3) is 0 Å². The van der Waals surface area contributed by atoms with Crippen LogP contribution in [0.1, 0.15) is 138 Å². The zero-order valence-corrected chi connectivity index (χ0v) is 40.4. The van der Waals surface area contributed by atoms with Crippen molar-refractivity contribution in [2.24, 2.45) is 0 Å². The summed E-state index contributed by atoms with van der Waals surface area (Å²) in [7, 11) is 1.63. The molecule has 66 heavy (non-hydrogen) atoms. The number of aromatic nitrogens is 3. The monoisotopic (exact) mass is 884 g/mol. The molecule has 0 bridgehead atoms. The Morgan fingerprint density at radius 2 is 1.14 bits per heavy atom. The van der Waals surface area contributed by atoms with Crippen molar-refractivity contribution in [2.75, 3.05) is 7.11 Å². The fourth-order valence-electron chi connectivity index (χ4n) is 8.76. The van der Waals surface area contributed by atoms with Crippen LogP contribution in [0, 0.1) is 20.7 Å². The lowest BCUT2D eigenvalue weighted by Crippen LogP contribution is -2.16. The third-order valence-corrected chi connectivity index (χ3v) is 12.6. The van der Waals surface area contributed by atoms with E-state index in [1.807, 2.05) is 79.1 Å². The molecule has 0 spiro atoms. The van der Waals surface area contributed by atoms with Gasteiger partial charge in [-0.1, -0.05) is 156 Å². The Balaban J connectivity index is 1.35. The Bertz CT molecular complexity index is 3510. The number of para-hydroxylation sites is 1. The van der Waals surface area contributed by atoms with E-state index in [9.17, 15) is 0 Å². The standard InChI is InChI=1S/C62H69N3O/c1-38-28-40(3)57(66-16)52(29-38)58-64-56-51(45-31-46(35-48(34-45)60(7,8)9)53-36-43(26-27-63-53)41-20-23-47(24-21-41)59(4,5)6)18-17-19-55(56)65(58)54-25-22-42(30-39(54)2)44-32-49(61(10,11)12)37-50(33-44)62(13,14)15/h17-37H,1-16H3/i2D3,4D3,5D3,6D3. The van der Waals surface area contributed by atoms with Crippen molar-refractivity contribution in [3.8, 4) is 67.5 Å². The molecule has 0 aliphatic rings. The van der Waals surface area contributed by atoms with Crippen LogP contribution in [0.3, 0.4) is 0 Å². The van der Waals surface area contributed by atoms with Crippen molar-refractivity contribution in [2.45, 2.75) is 125 Å². The molecule has 8 rings (SSSR count). The molecule has 0 radical (unpaired) electrons. The normalized spacial score (nSPS) is 16.0. The lowest BCUT2D eigenvalue weighted by Gasteiger charge is -2.26. The number of pyridine rings is 1. The molecule has 4 nitrogen and oxygen atoms in total. The lowest BCUT2D eigenvalue weighted by molar-refractivity contribution is 0.413. The number of nitrogens with zero attached hydrogens (tertiary/aromatic N) is 3. The summed E-state index contributed by atoms with van der Waals surface area (Å²) in [6, 6.07) is 37.9. The predicted octanol–water partition coefficient (Wildman–Crippen LogP) is 16.9. The fraction of sp³-hybridized carbons (Fsp3) is 0.323. The van der Waals surface area contributed by atoms with E-state index in [-0.39, 0.29) is 27.4 Å². The summed E-state index contributed by atoms with van der Waals surface area (Å²) in [6.45, 7) is 10.8. The number of aryl methyl sites for hydroxylation is 3. The van der Waals surface area contributed by atoms with Gasteiger partial charge in [-0.25, -0.2) is 4.98 Å². The molecule has 0 atom stereocenters. The summed E-state index contributed by atoms with van der Waals surface area (Å²) >= 11 is 0. The molecule has 0 N–H and O–H groups in total. The highest BCUT2D eigenvalue weighted by Gasteiger charge is 2.26. The van der Waals surface area contributed by atoms with E-state index >= 15 is 0 Å². The number of rotatable bonds is 7. The third-order valence-electron chi connectivity index (χ3n) is 12.6. The van der Waals surface area contributed by atoms with Gasteiger partial charge in [-0.2, -0.15) is 0 Å². The maximum atomic E-state index is 9.13. The van der Waals surface area contributed by atoms with Crippen LogP contribution in [0.15, 0.2) is 128 Å². The number of hydrogen-bond donors (Lipinski definition) is 0. The van der Waals surface area contributed by atoms with Crippen molar-refractivity contribution in [1.82, 2.24) is 14.5 Å². The zero-order valence-electron chi connectivity index (χ0n) is 52.4. The van der Waals surface area contributed by atoms with Gasteiger partial charge >= 0.3 is 0 Å². The van der Waals surface area contributed by atoms with Crippen LogP contribution >= 0.6 is 0 Å². The van der Waals surface area contributed by atoms with E-state index in [1.54, 1.807) is 31.5 Å². The minimum atomic E-state index is -3.38. The Labute approximate surface area is 412 Å². The smallest absolute Gasteiger partial charge is 0.149 e. The van der Waals surface area contributed by atoms with Crippen LogP contribution in [-0.4, -0.2) is 21.6 Å². The maximum Gasteiger partial charge on any atom is 0.149 e. The molecule has 0 aliphatic heterocycles. The second-order valence-corrected chi connectivity index (χ2v) is 20.9. The summed E-state index contributed by atoms with van der Waals surface area (Å²) in [6.07, 6.45) is 1.66. The molecule has 338 valence electrons. The first-order valence-electron chi connectivity index (χ1n) is 28.6. The number of fused-ring (bicyclic) bond motifs is 1. The summed E-state index contributed by atoms with van der Waals surface area (Å²) < 4.78 is 109. The fourth-order valence-corrected chi connectivity index (χ4v) is 8.76. The van der Waals surface area contributed by atoms with Crippen molar-refractivity contribution >= 4 is 11.0 Å². The first-order chi connectivity index (χ1) is 35.9. The highest BCUT2D eigenvalue weighted by Crippen LogP contribution is 2.43. The summed E-state index contributed by atoms with van der Waals surface area (Å²) in [5, 5.41) is 0. The van der Waals surface area contributed by atoms with Crippen molar-refractivity contribution in [1.29, 1.82) is 0 Å². The van der Waals surface area contributed by atoms with Crippen molar-refractivity contribution in [3.63, 3.8) is 0 Å². The van der Waals surface area contributed by atoms with Crippen LogP contribution < -0.4 is 4.74 Å². The Morgan fingerprint density at radius 3 is 1.77 bits per heavy atom. The van der Waals surface area contributed by atoms with Gasteiger partial charge in [-0.05, 0) is 158 Å². The molecule has 6 aromatic carbocycles. The molecule has 0 fully saturated rings. The van der Waals surface area contributed by atoms with Crippen molar-refractivity contribution in [3.05, 3.63) is 166 Å². The van der Waals surface area contributed by atoms with Crippen LogP contribution in [0.5, 0.6) is 5.75 Å². The number of hydrogen-bond acceptors (Lipinski definition) is 3. The molecule has 0 saturated carbocycles. The van der Waals surface area contributed by atoms with E-state index in [4.69, 9.17) is 31.2 Å². The maximum absolute atomic E-state index is 9.13. The van der Waals surface area contributed by atoms with Gasteiger partial charge < -0.3 is 4.74 Å². The summed E-state index contributed by atoms with van der Waals surface area (Å²) in [5.74, 6) is 1.12. The molecule has 4 heteroatoms. The number of methoxy groups -OCH3 is 1. The number of benzene rings is 6. The van der Waals surface area contributed by atoms with Gasteiger partial charge in [0.15, 0.2) is 0 Å². The van der Waals surface area contributed by atoms with Gasteiger partial charge in [0.05, 0.1) is 35.1 Å². The van der Waals surface area contributed by atoms with Gasteiger partial charge in [0.2, 0.25) is 0 Å². The van der Waals surface area contributed by atoms with Gasteiger partial charge in [-0.15, -0.1) is 0 Å². The summed E-state index contributed by atoms with van der Waals surface area (Å²) in [4.78, 5) is 10.3. The Hall–Kier alpha value is -6.26. The van der Waals surface area contributed by atoms with Gasteiger partial charge in [0.1, 0.15) is 11.6 Å². The van der Waals surface area contributed by atoms with E-state index in [0.29, 0.717) is 50.7 Å². The summed E-state index contributed by atoms with van der Waals surface area (Å²) in [5.41, 5.74) is 9.69. The molecule has 0 aliphatic carbocycles. The van der Waals surface area contributed by atoms with Crippen LogP contribution in [0.25, 0.3) is 72.7 Å². The number of ether oxygens (including phenoxy) is 1. The van der Waals surface area contributed by atoms with Gasteiger partial charge in [0, 0.05) is 33.8 Å². The second kappa shape index (κ2) is 16.9. The molecule has 2 aromatic heterocycles. The molecule has 8 aromatic rings. The lowest BCUT2D eigenvalue weighted by atomic mass is 9.79. The zero-order chi connectivity index (χ0) is 57.7. The minimum Gasteiger partial charge on any atom is -0.496 e. The second-order valence-electron chi connectivity index (χ2n) is 20.9.